The second-order valence-corrected chi connectivity index (χ2v) is 6.78. The van der Waals surface area contributed by atoms with Crippen LogP contribution in [0.2, 0.25) is 0 Å². The van der Waals surface area contributed by atoms with Crippen LogP contribution in [0.25, 0.3) is 0 Å². The monoisotopic (exact) mass is 316 g/mol. The van der Waals surface area contributed by atoms with Crippen molar-refractivity contribution in [1.82, 2.24) is 10.6 Å². The van der Waals surface area contributed by atoms with E-state index >= 15 is 0 Å². The second kappa shape index (κ2) is 8.34. The second-order valence-electron chi connectivity index (χ2n) is 6.78. The van der Waals surface area contributed by atoms with Gasteiger partial charge >= 0.3 is 0 Å². The normalized spacial score (nSPS) is 22.5. The van der Waals surface area contributed by atoms with Gasteiger partial charge in [0.05, 0.1) is 12.0 Å². The topological polar surface area (TPSA) is 50.4 Å². The fourth-order valence-corrected chi connectivity index (χ4v) is 3.47. The van der Waals surface area contributed by atoms with Gasteiger partial charge in [0.1, 0.15) is 5.75 Å². The maximum Gasteiger partial charge on any atom is 0.224 e. The number of amides is 1. The van der Waals surface area contributed by atoms with E-state index in [1.165, 1.54) is 32.1 Å². The van der Waals surface area contributed by atoms with Crippen LogP contribution in [0.15, 0.2) is 24.3 Å². The number of rotatable bonds is 5. The van der Waals surface area contributed by atoms with E-state index in [2.05, 4.69) is 22.8 Å². The molecule has 0 radical (unpaired) electrons. The molecular weight excluding hydrogens is 288 g/mol. The van der Waals surface area contributed by atoms with E-state index in [1.54, 1.807) is 0 Å². The van der Waals surface area contributed by atoms with Crippen molar-refractivity contribution in [2.24, 2.45) is 5.92 Å². The summed E-state index contributed by atoms with van der Waals surface area (Å²) in [5, 5.41) is 6.33. The Morgan fingerprint density at radius 1 is 1.09 bits per heavy atom. The number of carbonyl (C=O) groups is 1. The highest BCUT2D eigenvalue weighted by atomic mass is 16.5. The molecule has 2 N–H and O–H groups in total. The molecule has 1 saturated carbocycles. The van der Waals surface area contributed by atoms with Crippen LogP contribution < -0.4 is 15.4 Å². The molecule has 2 aliphatic rings. The van der Waals surface area contributed by atoms with Gasteiger partial charge in [-0.15, -0.1) is 0 Å². The molecule has 1 aromatic rings. The lowest BCUT2D eigenvalue weighted by atomic mass is 9.98. The zero-order valence-corrected chi connectivity index (χ0v) is 13.9. The Morgan fingerprint density at radius 3 is 2.57 bits per heavy atom. The highest BCUT2D eigenvalue weighted by Gasteiger charge is 2.20. The lowest BCUT2D eigenvalue weighted by Crippen LogP contribution is -2.40. The predicted molar refractivity (Wildman–Crippen MR) is 91.4 cm³/mol. The van der Waals surface area contributed by atoms with Gasteiger partial charge in [-0.05, 0) is 62.8 Å². The van der Waals surface area contributed by atoms with Gasteiger partial charge in [0.25, 0.3) is 0 Å². The molecule has 4 heteroatoms. The average Bonchev–Trinajstić information content (AvgIpc) is 2.62. The Morgan fingerprint density at radius 2 is 1.87 bits per heavy atom. The minimum atomic E-state index is 0.123. The summed E-state index contributed by atoms with van der Waals surface area (Å²) in [6.07, 6.45) is 8.72. The first-order chi connectivity index (χ1) is 11.3. The minimum Gasteiger partial charge on any atom is -0.490 e. The molecule has 1 unspecified atom stereocenters. The zero-order valence-electron chi connectivity index (χ0n) is 13.9. The Balaban J connectivity index is 1.44. The van der Waals surface area contributed by atoms with Crippen LogP contribution in [0, 0.1) is 5.92 Å². The molecule has 1 amide bonds. The standard InChI is InChI=1S/C19H28N2O2/c22-19(16-5-4-12-20-14-16)21-13-15-8-10-18(11-9-15)23-17-6-2-1-3-7-17/h8-11,16-17,20H,1-7,12-14H2,(H,21,22). The highest BCUT2D eigenvalue weighted by molar-refractivity contribution is 5.78. The van der Waals surface area contributed by atoms with Gasteiger partial charge in [0.2, 0.25) is 5.91 Å². The van der Waals surface area contributed by atoms with Gasteiger partial charge in [-0.3, -0.25) is 4.79 Å². The SMILES string of the molecule is O=C(NCc1ccc(OC2CCCCC2)cc1)C1CCCNC1. The summed E-state index contributed by atoms with van der Waals surface area (Å²) in [6.45, 7) is 2.44. The minimum absolute atomic E-state index is 0.123. The Bertz CT molecular complexity index is 489. The summed E-state index contributed by atoms with van der Waals surface area (Å²) in [6, 6.07) is 8.16. The van der Waals surface area contributed by atoms with E-state index in [0.29, 0.717) is 12.6 Å². The first kappa shape index (κ1) is 16.3. The molecule has 0 spiro atoms. The Hall–Kier alpha value is -1.55. The third-order valence-electron chi connectivity index (χ3n) is 4.91. The molecule has 2 fully saturated rings. The largest absolute Gasteiger partial charge is 0.490 e. The van der Waals surface area contributed by atoms with E-state index in [9.17, 15) is 4.79 Å². The molecular formula is C19H28N2O2. The molecule has 0 bridgehead atoms. The molecule has 1 aromatic carbocycles. The molecule has 23 heavy (non-hydrogen) atoms. The number of hydrogen-bond donors (Lipinski definition) is 2. The van der Waals surface area contributed by atoms with Crippen LogP contribution in [0.4, 0.5) is 0 Å². The van der Waals surface area contributed by atoms with Crippen LogP contribution >= 0.6 is 0 Å². The van der Waals surface area contributed by atoms with Crippen LogP contribution in [0.5, 0.6) is 5.75 Å². The van der Waals surface area contributed by atoms with Crippen LogP contribution in [0.1, 0.15) is 50.5 Å². The first-order valence-electron chi connectivity index (χ1n) is 9.05. The predicted octanol–water partition coefficient (Wildman–Crippen LogP) is 3.01. The van der Waals surface area contributed by atoms with E-state index in [4.69, 9.17) is 4.74 Å². The Kier molecular flexibility index (Phi) is 5.92. The maximum atomic E-state index is 12.1. The Labute approximate surface area is 139 Å². The van der Waals surface area contributed by atoms with Crippen molar-refractivity contribution in [1.29, 1.82) is 0 Å². The maximum absolute atomic E-state index is 12.1. The highest BCUT2D eigenvalue weighted by Crippen LogP contribution is 2.23. The molecule has 1 aliphatic heterocycles. The number of carbonyl (C=O) groups excluding carboxylic acids is 1. The number of benzene rings is 1. The van der Waals surface area contributed by atoms with E-state index in [1.807, 2.05) is 12.1 Å². The molecule has 3 rings (SSSR count). The summed E-state index contributed by atoms with van der Waals surface area (Å²) in [5.74, 6) is 1.24. The first-order valence-corrected chi connectivity index (χ1v) is 9.05. The smallest absolute Gasteiger partial charge is 0.224 e. The molecule has 126 valence electrons. The van der Waals surface area contributed by atoms with Crippen molar-refractivity contribution >= 4 is 5.91 Å². The fourth-order valence-electron chi connectivity index (χ4n) is 3.47. The quantitative estimate of drug-likeness (QED) is 0.878. The molecule has 4 nitrogen and oxygen atoms in total. The molecule has 1 atom stereocenters. The van der Waals surface area contributed by atoms with Crippen molar-refractivity contribution < 1.29 is 9.53 Å². The van der Waals surface area contributed by atoms with E-state index < -0.39 is 0 Å². The van der Waals surface area contributed by atoms with Crippen molar-refractivity contribution in [3.05, 3.63) is 29.8 Å². The van der Waals surface area contributed by atoms with E-state index in [-0.39, 0.29) is 11.8 Å². The van der Waals surface area contributed by atoms with Crippen LogP contribution in [-0.4, -0.2) is 25.1 Å². The number of ether oxygens (including phenoxy) is 1. The van der Waals surface area contributed by atoms with Gasteiger partial charge in [0, 0.05) is 13.1 Å². The summed E-state index contributed by atoms with van der Waals surface area (Å²) in [7, 11) is 0. The van der Waals surface area contributed by atoms with Crippen molar-refractivity contribution in [3.63, 3.8) is 0 Å². The van der Waals surface area contributed by atoms with E-state index in [0.717, 1.165) is 37.2 Å². The third kappa shape index (κ3) is 4.96. The average molecular weight is 316 g/mol. The molecule has 1 heterocycles. The van der Waals surface area contributed by atoms with Crippen molar-refractivity contribution in [2.75, 3.05) is 13.1 Å². The summed E-state index contributed by atoms with van der Waals surface area (Å²) < 4.78 is 6.04. The van der Waals surface area contributed by atoms with Crippen molar-refractivity contribution in [2.45, 2.75) is 57.6 Å². The fraction of sp³-hybridized carbons (Fsp3) is 0.632. The molecule has 0 aromatic heterocycles. The summed E-state index contributed by atoms with van der Waals surface area (Å²) in [5.41, 5.74) is 1.12. The number of hydrogen-bond acceptors (Lipinski definition) is 3. The number of nitrogens with one attached hydrogen (secondary N) is 2. The van der Waals surface area contributed by atoms with Gasteiger partial charge in [-0.1, -0.05) is 18.6 Å². The third-order valence-corrected chi connectivity index (χ3v) is 4.91. The molecule has 1 saturated heterocycles. The van der Waals surface area contributed by atoms with Gasteiger partial charge < -0.3 is 15.4 Å². The lowest BCUT2D eigenvalue weighted by Gasteiger charge is -2.23. The summed E-state index contributed by atoms with van der Waals surface area (Å²) >= 11 is 0. The van der Waals surface area contributed by atoms with Crippen LogP contribution in [-0.2, 0) is 11.3 Å². The zero-order chi connectivity index (χ0) is 15.9. The van der Waals surface area contributed by atoms with Gasteiger partial charge in [-0.2, -0.15) is 0 Å². The summed E-state index contributed by atoms with van der Waals surface area (Å²) in [4.78, 5) is 12.1. The van der Waals surface area contributed by atoms with Gasteiger partial charge in [0.15, 0.2) is 0 Å². The lowest BCUT2D eigenvalue weighted by molar-refractivity contribution is -0.125. The van der Waals surface area contributed by atoms with Gasteiger partial charge in [-0.25, -0.2) is 0 Å². The van der Waals surface area contributed by atoms with Crippen LogP contribution in [0.3, 0.4) is 0 Å². The molecule has 1 aliphatic carbocycles. The number of piperidine rings is 1. The van der Waals surface area contributed by atoms with Crippen molar-refractivity contribution in [3.8, 4) is 5.75 Å².